The number of thiazole rings is 1. The Hall–Kier alpha value is -1.16. The summed E-state index contributed by atoms with van der Waals surface area (Å²) in [6, 6.07) is 0. The van der Waals surface area contributed by atoms with Crippen molar-refractivity contribution in [2.45, 2.75) is 33.2 Å². The molecule has 2 rings (SSSR count). The molecule has 0 aromatic carbocycles. The Labute approximate surface area is 158 Å². The lowest BCUT2D eigenvalue weighted by molar-refractivity contribution is 0.740. The molecule has 0 unspecified atom stereocenters. The Morgan fingerprint density at radius 2 is 2.17 bits per heavy atom. The molecule has 2 aromatic heterocycles. The summed E-state index contributed by atoms with van der Waals surface area (Å²) in [7, 11) is 1.94. The molecule has 0 radical (unpaired) electrons. The van der Waals surface area contributed by atoms with E-state index in [0.717, 1.165) is 36.9 Å². The van der Waals surface area contributed by atoms with Gasteiger partial charge < -0.3 is 10.6 Å². The molecule has 0 aliphatic heterocycles. The number of halogens is 1. The number of hydrogen-bond donors (Lipinski definition) is 2. The van der Waals surface area contributed by atoms with Crippen LogP contribution in [-0.4, -0.2) is 33.8 Å². The Kier molecular flexibility index (Phi) is 9.15. The molecule has 0 bridgehead atoms. The summed E-state index contributed by atoms with van der Waals surface area (Å²) in [5.41, 5.74) is 1.27. The van der Waals surface area contributed by atoms with Crippen LogP contribution in [-0.2, 0) is 20.0 Å². The van der Waals surface area contributed by atoms with E-state index in [1.54, 1.807) is 11.3 Å². The number of rotatable bonds is 7. The first-order valence-electron chi connectivity index (χ1n) is 7.58. The van der Waals surface area contributed by atoms with E-state index in [1.807, 2.05) is 24.1 Å². The van der Waals surface area contributed by atoms with Crippen LogP contribution in [0.25, 0.3) is 0 Å². The SMILES string of the molecule is CCNC(=NCc1ncc(C)s1)NCCCc1cnn(C)c1.I. The fourth-order valence-electron chi connectivity index (χ4n) is 2.06. The van der Waals surface area contributed by atoms with Gasteiger partial charge in [-0.3, -0.25) is 4.68 Å². The Morgan fingerprint density at radius 3 is 2.78 bits per heavy atom. The maximum Gasteiger partial charge on any atom is 0.191 e. The lowest BCUT2D eigenvalue weighted by atomic mass is 10.2. The highest BCUT2D eigenvalue weighted by molar-refractivity contribution is 14.0. The summed E-state index contributed by atoms with van der Waals surface area (Å²) in [6.07, 6.45) is 7.94. The zero-order valence-electron chi connectivity index (χ0n) is 13.9. The largest absolute Gasteiger partial charge is 0.357 e. The zero-order valence-corrected chi connectivity index (χ0v) is 17.0. The van der Waals surface area contributed by atoms with E-state index in [1.165, 1.54) is 10.4 Å². The molecular weight excluding hydrogens is 423 g/mol. The molecule has 0 aliphatic rings. The first-order chi connectivity index (χ1) is 10.7. The molecule has 8 heteroatoms. The molecule has 2 N–H and O–H groups in total. The predicted molar refractivity (Wildman–Crippen MR) is 107 cm³/mol. The van der Waals surface area contributed by atoms with Gasteiger partial charge in [-0.15, -0.1) is 35.3 Å². The van der Waals surface area contributed by atoms with Crippen LogP contribution in [0.5, 0.6) is 0 Å². The van der Waals surface area contributed by atoms with Gasteiger partial charge in [0.2, 0.25) is 0 Å². The summed E-state index contributed by atoms with van der Waals surface area (Å²) < 4.78 is 1.84. The normalized spacial score (nSPS) is 11.2. The zero-order chi connectivity index (χ0) is 15.8. The van der Waals surface area contributed by atoms with Crippen LogP contribution < -0.4 is 10.6 Å². The molecule has 23 heavy (non-hydrogen) atoms. The van der Waals surface area contributed by atoms with Gasteiger partial charge in [0.05, 0.1) is 12.7 Å². The molecule has 2 heterocycles. The van der Waals surface area contributed by atoms with Crippen molar-refractivity contribution in [3.63, 3.8) is 0 Å². The van der Waals surface area contributed by atoms with Gasteiger partial charge in [-0.25, -0.2) is 9.98 Å². The third-order valence-electron chi connectivity index (χ3n) is 3.08. The maximum atomic E-state index is 4.57. The number of aliphatic imine (C=N–C) groups is 1. The van der Waals surface area contributed by atoms with Crippen LogP contribution in [0.4, 0.5) is 0 Å². The van der Waals surface area contributed by atoms with E-state index in [2.05, 4.69) is 45.8 Å². The maximum absolute atomic E-state index is 4.57. The second-order valence-corrected chi connectivity index (χ2v) is 6.43. The standard InChI is InChI=1S/C15H24N6S.HI/c1-4-16-15(19-10-14-18-8-12(2)22-14)17-7-5-6-13-9-20-21(3)11-13;/h8-9,11H,4-7,10H2,1-3H3,(H2,16,17,19);1H. The van der Waals surface area contributed by atoms with Crippen LogP contribution in [0.2, 0.25) is 0 Å². The van der Waals surface area contributed by atoms with E-state index >= 15 is 0 Å². The van der Waals surface area contributed by atoms with Gasteiger partial charge in [0.25, 0.3) is 0 Å². The smallest absolute Gasteiger partial charge is 0.191 e. The topological polar surface area (TPSA) is 67.1 Å². The highest BCUT2D eigenvalue weighted by Gasteiger charge is 2.01. The molecule has 2 aromatic rings. The second kappa shape index (κ2) is 10.6. The van der Waals surface area contributed by atoms with Gasteiger partial charge in [-0.05, 0) is 32.3 Å². The molecule has 0 fully saturated rings. The van der Waals surface area contributed by atoms with Gasteiger partial charge in [0.1, 0.15) is 5.01 Å². The van der Waals surface area contributed by atoms with E-state index in [4.69, 9.17) is 0 Å². The third kappa shape index (κ3) is 7.30. The minimum atomic E-state index is 0. The summed E-state index contributed by atoms with van der Waals surface area (Å²) in [5, 5.41) is 11.9. The number of nitrogens with zero attached hydrogens (tertiary/aromatic N) is 4. The van der Waals surface area contributed by atoms with Crippen LogP contribution >= 0.6 is 35.3 Å². The highest BCUT2D eigenvalue weighted by atomic mass is 127. The van der Waals surface area contributed by atoms with Crippen LogP contribution in [0.15, 0.2) is 23.6 Å². The first-order valence-corrected chi connectivity index (χ1v) is 8.40. The molecule has 0 atom stereocenters. The van der Waals surface area contributed by atoms with Crippen LogP contribution in [0.3, 0.4) is 0 Å². The molecule has 0 spiro atoms. The van der Waals surface area contributed by atoms with Crippen molar-refractivity contribution >= 4 is 41.3 Å². The van der Waals surface area contributed by atoms with Crippen molar-refractivity contribution in [2.75, 3.05) is 13.1 Å². The molecule has 0 saturated carbocycles. The van der Waals surface area contributed by atoms with Crippen LogP contribution in [0.1, 0.15) is 28.8 Å². The van der Waals surface area contributed by atoms with Gasteiger partial charge in [0, 0.05) is 37.4 Å². The number of guanidine groups is 1. The molecule has 0 saturated heterocycles. The summed E-state index contributed by atoms with van der Waals surface area (Å²) in [5.74, 6) is 0.849. The minimum Gasteiger partial charge on any atom is -0.357 e. The van der Waals surface area contributed by atoms with E-state index in [9.17, 15) is 0 Å². The number of hydrogen-bond acceptors (Lipinski definition) is 4. The van der Waals surface area contributed by atoms with E-state index < -0.39 is 0 Å². The lowest BCUT2D eigenvalue weighted by Gasteiger charge is -2.10. The molecule has 0 amide bonds. The summed E-state index contributed by atoms with van der Waals surface area (Å²) in [6.45, 7) is 6.49. The third-order valence-corrected chi connectivity index (χ3v) is 3.98. The van der Waals surface area contributed by atoms with Gasteiger partial charge in [-0.2, -0.15) is 5.10 Å². The Morgan fingerprint density at radius 1 is 1.35 bits per heavy atom. The molecule has 0 aliphatic carbocycles. The Bertz CT molecular complexity index is 607. The van der Waals surface area contributed by atoms with Gasteiger partial charge in [-0.1, -0.05) is 0 Å². The monoisotopic (exact) mass is 448 g/mol. The fraction of sp³-hybridized carbons (Fsp3) is 0.533. The average Bonchev–Trinajstić information content (AvgIpc) is 3.09. The summed E-state index contributed by atoms with van der Waals surface area (Å²) >= 11 is 1.69. The van der Waals surface area contributed by atoms with E-state index in [0.29, 0.717) is 6.54 Å². The number of aromatic nitrogens is 3. The first kappa shape index (κ1) is 19.9. The molecule has 6 nitrogen and oxygen atoms in total. The van der Waals surface area contributed by atoms with Crippen molar-refractivity contribution < 1.29 is 0 Å². The highest BCUT2D eigenvalue weighted by Crippen LogP contribution is 2.11. The number of nitrogens with one attached hydrogen (secondary N) is 2. The second-order valence-electron chi connectivity index (χ2n) is 5.11. The minimum absolute atomic E-state index is 0. The van der Waals surface area contributed by atoms with Gasteiger partial charge in [0.15, 0.2) is 5.96 Å². The molecule has 128 valence electrons. The van der Waals surface area contributed by atoms with Crippen molar-refractivity contribution in [3.05, 3.63) is 34.0 Å². The van der Waals surface area contributed by atoms with E-state index in [-0.39, 0.29) is 24.0 Å². The van der Waals surface area contributed by atoms with Crippen molar-refractivity contribution in [2.24, 2.45) is 12.0 Å². The van der Waals surface area contributed by atoms with Gasteiger partial charge >= 0.3 is 0 Å². The molecular formula is C15H25IN6S. The fourth-order valence-corrected chi connectivity index (χ4v) is 2.77. The quantitative estimate of drug-likeness (QED) is 0.296. The number of aryl methyl sites for hydroxylation is 3. The lowest BCUT2D eigenvalue weighted by Crippen LogP contribution is -2.37. The Balaban J connectivity index is 0.00000264. The summed E-state index contributed by atoms with van der Waals surface area (Å²) in [4.78, 5) is 10.1. The average molecular weight is 448 g/mol. The van der Waals surface area contributed by atoms with Crippen molar-refractivity contribution in [1.82, 2.24) is 25.4 Å². The predicted octanol–water partition coefficient (Wildman–Crippen LogP) is 2.49. The van der Waals surface area contributed by atoms with Crippen molar-refractivity contribution in [1.29, 1.82) is 0 Å². The van der Waals surface area contributed by atoms with Crippen molar-refractivity contribution in [3.8, 4) is 0 Å². The van der Waals surface area contributed by atoms with Crippen LogP contribution in [0, 0.1) is 6.92 Å².